The Morgan fingerprint density at radius 3 is 2.37 bits per heavy atom. The summed E-state index contributed by atoms with van der Waals surface area (Å²) in [6.07, 6.45) is 0.726. The van der Waals surface area contributed by atoms with Crippen LogP contribution in [0.3, 0.4) is 0 Å². The van der Waals surface area contributed by atoms with E-state index in [1.165, 1.54) is 31.4 Å². The number of carbonyl (C=O) groups is 2. The second-order valence-electron chi connectivity index (χ2n) is 4.37. The van der Waals surface area contributed by atoms with E-state index in [1.807, 2.05) is 13.8 Å². The van der Waals surface area contributed by atoms with E-state index in [0.29, 0.717) is 5.56 Å². The van der Waals surface area contributed by atoms with Gasteiger partial charge < -0.3 is 10.1 Å². The normalized spacial score (nSPS) is 13.5. The summed E-state index contributed by atoms with van der Waals surface area (Å²) in [6, 6.07) is 4.44. The van der Waals surface area contributed by atoms with Crippen molar-refractivity contribution in [2.75, 3.05) is 7.11 Å². The van der Waals surface area contributed by atoms with Gasteiger partial charge in [0.05, 0.1) is 7.11 Å². The van der Waals surface area contributed by atoms with E-state index in [1.54, 1.807) is 0 Å². The van der Waals surface area contributed by atoms with Crippen LogP contribution in [0.5, 0.6) is 0 Å². The van der Waals surface area contributed by atoms with Gasteiger partial charge in [0.1, 0.15) is 11.9 Å². The lowest BCUT2D eigenvalue weighted by molar-refractivity contribution is -0.144. The topological polar surface area (TPSA) is 55.4 Å². The van der Waals surface area contributed by atoms with Gasteiger partial charge in [-0.15, -0.1) is 0 Å². The van der Waals surface area contributed by atoms with Gasteiger partial charge in [0.25, 0.3) is 5.91 Å². The summed E-state index contributed by atoms with van der Waals surface area (Å²) in [4.78, 5) is 23.6. The zero-order chi connectivity index (χ0) is 14.4. The predicted octanol–water partition coefficient (Wildman–Crippen LogP) is 2.14. The summed E-state index contributed by atoms with van der Waals surface area (Å²) in [5.74, 6) is -1.36. The maximum atomic E-state index is 12.8. The fourth-order valence-corrected chi connectivity index (χ4v) is 1.62. The molecule has 1 rings (SSSR count). The highest BCUT2D eigenvalue weighted by molar-refractivity contribution is 5.96. The molecule has 1 amide bonds. The molecule has 1 aromatic carbocycles. The number of hydrogen-bond donors (Lipinski definition) is 1. The maximum absolute atomic E-state index is 12.8. The highest BCUT2D eigenvalue weighted by Gasteiger charge is 2.26. The Hall–Kier alpha value is -1.91. The number of rotatable bonds is 5. The summed E-state index contributed by atoms with van der Waals surface area (Å²) < 4.78 is 17.4. The number of nitrogens with one attached hydrogen (secondary N) is 1. The average molecular weight is 267 g/mol. The van der Waals surface area contributed by atoms with E-state index in [9.17, 15) is 14.0 Å². The number of methoxy groups -OCH3 is 1. The van der Waals surface area contributed by atoms with Gasteiger partial charge in [0, 0.05) is 5.56 Å². The van der Waals surface area contributed by atoms with E-state index >= 15 is 0 Å². The van der Waals surface area contributed by atoms with Crippen molar-refractivity contribution >= 4 is 11.9 Å². The van der Waals surface area contributed by atoms with Crippen molar-refractivity contribution in [1.29, 1.82) is 0 Å². The molecule has 0 fully saturated rings. The van der Waals surface area contributed by atoms with Gasteiger partial charge in [0.15, 0.2) is 0 Å². The van der Waals surface area contributed by atoms with Crippen LogP contribution in [0.15, 0.2) is 24.3 Å². The summed E-state index contributed by atoms with van der Waals surface area (Å²) in [5.41, 5.74) is 0.304. The Morgan fingerprint density at radius 2 is 1.89 bits per heavy atom. The molecule has 1 aromatic rings. The first-order valence-corrected chi connectivity index (χ1v) is 6.13. The van der Waals surface area contributed by atoms with Crippen LogP contribution < -0.4 is 5.32 Å². The fourth-order valence-electron chi connectivity index (χ4n) is 1.62. The van der Waals surface area contributed by atoms with Crippen molar-refractivity contribution in [2.24, 2.45) is 5.92 Å². The maximum Gasteiger partial charge on any atom is 0.328 e. The van der Waals surface area contributed by atoms with Gasteiger partial charge in [-0.05, 0) is 30.2 Å². The number of ether oxygens (including phenoxy) is 1. The standard InChI is InChI=1S/C14H18FNO3/c1-4-9(2)12(14(18)19-3)16-13(17)10-5-7-11(15)8-6-10/h5-9,12H,4H2,1-3H3,(H,16,17)/t9-,12+/m1/s1. The Kier molecular flexibility index (Phi) is 5.48. The molecule has 104 valence electrons. The van der Waals surface area contributed by atoms with Gasteiger partial charge in [-0.1, -0.05) is 20.3 Å². The number of esters is 1. The molecule has 0 radical (unpaired) electrons. The zero-order valence-electron chi connectivity index (χ0n) is 11.3. The molecule has 0 aliphatic carbocycles. The smallest absolute Gasteiger partial charge is 0.328 e. The zero-order valence-corrected chi connectivity index (χ0v) is 11.3. The third-order valence-corrected chi connectivity index (χ3v) is 3.06. The first-order valence-electron chi connectivity index (χ1n) is 6.13. The summed E-state index contributed by atoms with van der Waals surface area (Å²) in [7, 11) is 1.28. The van der Waals surface area contributed by atoms with Crippen molar-refractivity contribution in [1.82, 2.24) is 5.32 Å². The van der Waals surface area contributed by atoms with Crippen LogP contribution in [0.2, 0.25) is 0 Å². The monoisotopic (exact) mass is 267 g/mol. The number of halogens is 1. The van der Waals surface area contributed by atoms with E-state index in [-0.39, 0.29) is 5.92 Å². The molecule has 0 saturated heterocycles. The quantitative estimate of drug-likeness (QED) is 0.832. The lowest BCUT2D eigenvalue weighted by Gasteiger charge is -2.21. The van der Waals surface area contributed by atoms with E-state index in [2.05, 4.69) is 10.1 Å². The molecule has 0 spiro atoms. The first-order chi connectivity index (χ1) is 8.99. The van der Waals surface area contributed by atoms with Crippen LogP contribution >= 0.6 is 0 Å². The minimum atomic E-state index is -0.701. The molecule has 0 bridgehead atoms. The lowest BCUT2D eigenvalue weighted by atomic mass is 9.99. The minimum Gasteiger partial charge on any atom is -0.467 e. The molecule has 4 nitrogen and oxygen atoms in total. The van der Waals surface area contributed by atoms with Crippen LogP contribution in [0, 0.1) is 11.7 Å². The molecule has 0 aliphatic rings. The first kappa shape index (κ1) is 15.1. The Bertz CT molecular complexity index is 445. The lowest BCUT2D eigenvalue weighted by Crippen LogP contribution is -2.45. The number of amides is 1. The molecule has 0 unspecified atom stereocenters. The number of carbonyl (C=O) groups excluding carboxylic acids is 2. The van der Waals surface area contributed by atoms with Gasteiger partial charge in [-0.2, -0.15) is 0 Å². The van der Waals surface area contributed by atoms with Crippen molar-refractivity contribution in [3.63, 3.8) is 0 Å². The van der Waals surface area contributed by atoms with Gasteiger partial charge in [0.2, 0.25) is 0 Å². The summed E-state index contributed by atoms with van der Waals surface area (Å²) in [6.45, 7) is 3.77. The highest BCUT2D eigenvalue weighted by atomic mass is 19.1. The van der Waals surface area contributed by atoms with E-state index < -0.39 is 23.7 Å². The number of hydrogen-bond acceptors (Lipinski definition) is 3. The molecular weight excluding hydrogens is 249 g/mol. The second kappa shape index (κ2) is 6.87. The van der Waals surface area contributed by atoms with Crippen molar-refractivity contribution in [3.8, 4) is 0 Å². The molecule has 2 atom stereocenters. The van der Waals surface area contributed by atoms with Crippen molar-refractivity contribution in [2.45, 2.75) is 26.3 Å². The Balaban J connectivity index is 2.81. The molecule has 1 N–H and O–H groups in total. The van der Waals surface area contributed by atoms with Gasteiger partial charge in [-0.25, -0.2) is 9.18 Å². The third-order valence-electron chi connectivity index (χ3n) is 3.06. The molecular formula is C14H18FNO3. The molecule has 5 heteroatoms. The van der Waals surface area contributed by atoms with Crippen molar-refractivity contribution in [3.05, 3.63) is 35.6 Å². The molecule has 0 aliphatic heterocycles. The van der Waals surface area contributed by atoms with Crippen LogP contribution in [0.1, 0.15) is 30.6 Å². The van der Waals surface area contributed by atoms with Crippen LogP contribution in [-0.2, 0) is 9.53 Å². The van der Waals surface area contributed by atoms with Crippen LogP contribution in [-0.4, -0.2) is 25.0 Å². The second-order valence-corrected chi connectivity index (χ2v) is 4.37. The average Bonchev–Trinajstić information content (AvgIpc) is 2.43. The largest absolute Gasteiger partial charge is 0.467 e. The molecule has 0 saturated carbocycles. The number of benzene rings is 1. The molecule has 19 heavy (non-hydrogen) atoms. The molecule has 0 aromatic heterocycles. The van der Waals surface area contributed by atoms with Gasteiger partial charge in [-0.3, -0.25) is 4.79 Å². The Labute approximate surface area is 112 Å². The van der Waals surface area contributed by atoms with E-state index in [4.69, 9.17) is 0 Å². The summed E-state index contributed by atoms with van der Waals surface area (Å²) >= 11 is 0. The summed E-state index contributed by atoms with van der Waals surface area (Å²) in [5, 5.41) is 2.62. The predicted molar refractivity (Wildman–Crippen MR) is 69.1 cm³/mol. The third kappa shape index (κ3) is 4.05. The Morgan fingerprint density at radius 1 is 1.32 bits per heavy atom. The van der Waals surface area contributed by atoms with Crippen LogP contribution in [0.25, 0.3) is 0 Å². The highest BCUT2D eigenvalue weighted by Crippen LogP contribution is 2.11. The molecule has 0 heterocycles. The minimum absolute atomic E-state index is 0.0446. The van der Waals surface area contributed by atoms with Crippen LogP contribution in [0.4, 0.5) is 4.39 Å². The van der Waals surface area contributed by atoms with Crippen molar-refractivity contribution < 1.29 is 18.7 Å². The van der Waals surface area contributed by atoms with Gasteiger partial charge >= 0.3 is 5.97 Å². The SMILES string of the molecule is CC[C@@H](C)[C@H](NC(=O)c1ccc(F)cc1)C(=O)OC. The van der Waals surface area contributed by atoms with E-state index in [0.717, 1.165) is 6.42 Å². The fraction of sp³-hybridized carbons (Fsp3) is 0.429.